The van der Waals surface area contributed by atoms with Gasteiger partial charge in [0.15, 0.2) is 0 Å². The van der Waals surface area contributed by atoms with Crippen molar-refractivity contribution >= 4 is 5.91 Å². The summed E-state index contributed by atoms with van der Waals surface area (Å²) < 4.78 is 5.14. The van der Waals surface area contributed by atoms with Crippen molar-refractivity contribution in [3.8, 4) is 5.75 Å². The standard InChI is InChI=1S/C17H26N2O2/c1-3-18-15-5-4-12-19(13-15)17(20)11-8-14-6-9-16(21-2)10-7-14/h6-7,9-10,15,18H,3-5,8,11-13H2,1-2H3. The molecule has 1 aliphatic heterocycles. The molecule has 1 saturated heterocycles. The molecule has 0 aliphatic carbocycles. The van der Waals surface area contributed by atoms with Crippen LogP contribution in [-0.2, 0) is 11.2 Å². The largest absolute Gasteiger partial charge is 0.497 e. The number of aryl methyl sites for hydroxylation is 1. The predicted octanol–water partition coefficient (Wildman–Crippen LogP) is 2.23. The van der Waals surface area contributed by atoms with Gasteiger partial charge in [-0.2, -0.15) is 0 Å². The molecule has 0 bridgehead atoms. The number of ether oxygens (including phenoxy) is 1. The maximum atomic E-state index is 12.3. The third-order valence-electron chi connectivity index (χ3n) is 4.05. The van der Waals surface area contributed by atoms with Gasteiger partial charge < -0.3 is 15.0 Å². The molecule has 1 heterocycles. The first-order chi connectivity index (χ1) is 10.2. The fraction of sp³-hybridized carbons (Fsp3) is 0.588. The highest BCUT2D eigenvalue weighted by atomic mass is 16.5. The highest BCUT2D eigenvalue weighted by Gasteiger charge is 2.22. The molecule has 4 nitrogen and oxygen atoms in total. The molecule has 0 aromatic heterocycles. The first-order valence-electron chi connectivity index (χ1n) is 7.87. The van der Waals surface area contributed by atoms with Gasteiger partial charge in [-0.15, -0.1) is 0 Å². The smallest absolute Gasteiger partial charge is 0.222 e. The second-order valence-electron chi connectivity index (χ2n) is 5.58. The zero-order valence-corrected chi connectivity index (χ0v) is 13.1. The number of amides is 1. The van der Waals surface area contributed by atoms with Gasteiger partial charge in [-0.05, 0) is 43.5 Å². The molecule has 1 aromatic carbocycles. The van der Waals surface area contributed by atoms with Crippen LogP contribution in [-0.4, -0.2) is 43.6 Å². The Labute approximate surface area is 127 Å². The lowest BCUT2D eigenvalue weighted by molar-refractivity contribution is -0.132. The first kappa shape index (κ1) is 15.8. The molecule has 1 N–H and O–H groups in total. The molecule has 116 valence electrons. The van der Waals surface area contributed by atoms with Gasteiger partial charge in [0.1, 0.15) is 5.75 Å². The highest BCUT2D eigenvalue weighted by Crippen LogP contribution is 2.15. The molecule has 4 heteroatoms. The number of likely N-dealkylation sites (N-methyl/N-ethyl adjacent to an activating group) is 1. The third kappa shape index (κ3) is 4.74. The molecule has 1 atom stereocenters. The quantitative estimate of drug-likeness (QED) is 0.873. The SMILES string of the molecule is CCNC1CCCN(C(=O)CCc2ccc(OC)cc2)C1. The van der Waals surface area contributed by atoms with Crippen molar-refractivity contribution in [2.24, 2.45) is 0 Å². The van der Waals surface area contributed by atoms with Gasteiger partial charge in [0.25, 0.3) is 0 Å². The summed E-state index contributed by atoms with van der Waals surface area (Å²) in [5, 5.41) is 3.45. The van der Waals surface area contributed by atoms with Gasteiger partial charge in [0.05, 0.1) is 7.11 Å². The number of nitrogens with one attached hydrogen (secondary N) is 1. The minimum Gasteiger partial charge on any atom is -0.497 e. The van der Waals surface area contributed by atoms with Gasteiger partial charge in [-0.1, -0.05) is 19.1 Å². The molecule has 2 rings (SSSR count). The lowest BCUT2D eigenvalue weighted by Gasteiger charge is -2.33. The van der Waals surface area contributed by atoms with Crippen molar-refractivity contribution < 1.29 is 9.53 Å². The van der Waals surface area contributed by atoms with Crippen LogP contribution in [0.5, 0.6) is 5.75 Å². The average molecular weight is 290 g/mol. The topological polar surface area (TPSA) is 41.6 Å². The van der Waals surface area contributed by atoms with E-state index in [-0.39, 0.29) is 5.91 Å². The summed E-state index contributed by atoms with van der Waals surface area (Å²) in [7, 11) is 1.66. The Morgan fingerprint density at radius 3 is 2.81 bits per heavy atom. The Hall–Kier alpha value is -1.55. The van der Waals surface area contributed by atoms with Gasteiger partial charge >= 0.3 is 0 Å². The number of hydrogen-bond donors (Lipinski definition) is 1. The zero-order chi connectivity index (χ0) is 15.1. The van der Waals surface area contributed by atoms with Crippen LogP contribution in [0.3, 0.4) is 0 Å². The Balaban J connectivity index is 1.80. The molecule has 1 aliphatic rings. The summed E-state index contributed by atoms with van der Waals surface area (Å²) in [6, 6.07) is 8.42. The fourth-order valence-electron chi connectivity index (χ4n) is 2.86. The van der Waals surface area contributed by atoms with Crippen LogP contribution in [0.2, 0.25) is 0 Å². The average Bonchev–Trinajstić information content (AvgIpc) is 2.53. The number of benzene rings is 1. The normalized spacial score (nSPS) is 18.6. The van der Waals surface area contributed by atoms with Crippen molar-refractivity contribution in [3.05, 3.63) is 29.8 Å². The van der Waals surface area contributed by atoms with Crippen LogP contribution in [0.1, 0.15) is 31.7 Å². The summed E-state index contributed by atoms with van der Waals surface area (Å²) in [4.78, 5) is 14.3. The Morgan fingerprint density at radius 2 is 2.14 bits per heavy atom. The van der Waals surface area contributed by atoms with E-state index in [0.29, 0.717) is 12.5 Å². The number of hydrogen-bond acceptors (Lipinski definition) is 3. The van der Waals surface area contributed by atoms with E-state index in [9.17, 15) is 4.79 Å². The molecule has 0 saturated carbocycles. The minimum absolute atomic E-state index is 0.272. The van der Waals surface area contributed by atoms with Crippen LogP contribution < -0.4 is 10.1 Å². The maximum absolute atomic E-state index is 12.3. The van der Waals surface area contributed by atoms with Crippen LogP contribution in [0.15, 0.2) is 24.3 Å². The molecule has 1 unspecified atom stereocenters. The van der Waals surface area contributed by atoms with Crippen LogP contribution in [0, 0.1) is 0 Å². The second kappa shape index (κ2) is 8.03. The summed E-state index contributed by atoms with van der Waals surface area (Å²) in [6.45, 7) is 4.85. The van der Waals surface area contributed by atoms with E-state index in [1.807, 2.05) is 29.2 Å². The molecule has 0 spiro atoms. The number of nitrogens with zero attached hydrogens (tertiary/aromatic N) is 1. The van der Waals surface area contributed by atoms with E-state index >= 15 is 0 Å². The molecule has 1 amide bonds. The Kier molecular flexibility index (Phi) is 6.05. The molecule has 1 aromatic rings. The Bertz CT molecular complexity index is 443. The van der Waals surface area contributed by atoms with E-state index in [0.717, 1.165) is 38.2 Å². The van der Waals surface area contributed by atoms with Gasteiger partial charge in [-0.25, -0.2) is 0 Å². The summed E-state index contributed by atoms with van der Waals surface area (Å²) in [6.07, 6.45) is 3.67. The molecule has 21 heavy (non-hydrogen) atoms. The van der Waals surface area contributed by atoms with E-state index in [2.05, 4.69) is 12.2 Å². The van der Waals surface area contributed by atoms with E-state index < -0.39 is 0 Å². The van der Waals surface area contributed by atoms with Crippen LogP contribution in [0.4, 0.5) is 0 Å². The van der Waals surface area contributed by atoms with Crippen LogP contribution >= 0.6 is 0 Å². The maximum Gasteiger partial charge on any atom is 0.222 e. The second-order valence-corrected chi connectivity index (χ2v) is 5.58. The third-order valence-corrected chi connectivity index (χ3v) is 4.05. The van der Waals surface area contributed by atoms with Crippen molar-refractivity contribution in [3.63, 3.8) is 0 Å². The number of rotatable bonds is 6. The van der Waals surface area contributed by atoms with Gasteiger partial charge in [0.2, 0.25) is 5.91 Å². The van der Waals surface area contributed by atoms with Crippen LogP contribution in [0.25, 0.3) is 0 Å². The lowest BCUT2D eigenvalue weighted by Crippen LogP contribution is -2.48. The van der Waals surface area contributed by atoms with E-state index in [1.165, 1.54) is 12.0 Å². The summed E-state index contributed by atoms with van der Waals surface area (Å²) in [5.74, 6) is 1.13. The molecular weight excluding hydrogens is 264 g/mol. The summed E-state index contributed by atoms with van der Waals surface area (Å²) >= 11 is 0. The van der Waals surface area contributed by atoms with E-state index in [4.69, 9.17) is 4.74 Å². The molecule has 1 fully saturated rings. The zero-order valence-electron chi connectivity index (χ0n) is 13.1. The minimum atomic E-state index is 0.272. The fourth-order valence-corrected chi connectivity index (χ4v) is 2.86. The molecular formula is C17H26N2O2. The highest BCUT2D eigenvalue weighted by molar-refractivity contribution is 5.76. The van der Waals surface area contributed by atoms with Gasteiger partial charge in [0, 0.05) is 25.6 Å². The van der Waals surface area contributed by atoms with Crippen molar-refractivity contribution in [2.45, 2.75) is 38.6 Å². The van der Waals surface area contributed by atoms with Crippen molar-refractivity contribution in [1.82, 2.24) is 10.2 Å². The lowest BCUT2D eigenvalue weighted by atomic mass is 10.0. The number of likely N-dealkylation sites (tertiary alicyclic amines) is 1. The molecule has 0 radical (unpaired) electrons. The first-order valence-corrected chi connectivity index (χ1v) is 7.87. The van der Waals surface area contributed by atoms with Crippen molar-refractivity contribution in [1.29, 1.82) is 0 Å². The number of carbonyl (C=O) groups excluding carboxylic acids is 1. The number of carbonyl (C=O) groups is 1. The monoisotopic (exact) mass is 290 g/mol. The summed E-state index contributed by atoms with van der Waals surface area (Å²) in [5.41, 5.74) is 1.18. The van der Waals surface area contributed by atoms with Crippen molar-refractivity contribution in [2.75, 3.05) is 26.7 Å². The van der Waals surface area contributed by atoms with Gasteiger partial charge in [-0.3, -0.25) is 4.79 Å². The number of piperidine rings is 1. The Morgan fingerprint density at radius 1 is 1.38 bits per heavy atom. The van der Waals surface area contributed by atoms with E-state index in [1.54, 1.807) is 7.11 Å². The predicted molar refractivity (Wildman–Crippen MR) is 84.6 cm³/mol. The number of methoxy groups -OCH3 is 1.